The minimum atomic E-state index is 0.0232. The number of piperazine rings is 1. The average Bonchev–Trinajstić information content (AvgIpc) is 3.34. The van der Waals surface area contributed by atoms with Crippen molar-refractivity contribution in [3.05, 3.63) is 34.3 Å². The predicted octanol–water partition coefficient (Wildman–Crippen LogP) is 2.04. The molecule has 0 radical (unpaired) electrons. The van der Waals surface area contributed by atoms with Crippen LogP contribution in [0.5, 0.6) is 11.5 Å². The molecule has 7 nitrogen and oxygen atoms in total. The zero-order valence-electron chi connectivity index (χ0n) is 15.2. The third-order valence-electron chi connectivity index (χ3n) is 5.55. The van der Waals surface area contributed by atoms with E-state index in [1.165, 1.54) is 16.9 Å². The lowest BCUT2D eigenvalue weighted by atomic mass is 10.1. The minimum absolute atomic E-state index is 0.0232. The number of hydrogen-bond donors (Lipinski definition) is 1. The topological polar surface area (TPSA) is 66.9 Å². The molecule has 0 bridgehead atoms. The van der Waals surface area contributed by atoms with Gasteiger partial charge in [0.2, 0.25) is 6.79 Å². The molecule has 1 fully saturated rings. The minimum Gasteiger partial charge on any atom is -0.454 e. The van der Waals surface area contributed by atoms with Gasteiger partial charge in [-0.05, 0) is 24.6 Å². The molecule has 142 valence electrons. The highest BCUT2D eigenvalue weighted by Crippen LogP contribution is 2.36. The van der Waals surface area contributed by atoms with E-state index in [1.54, 1.807) is 0 Å². The number of carbonyl (C=O) groups excluding carboxylic acids is 1. The molecular formula is C19H22N4O3S. The fraction of sp³-hybridized carbons (Fsp3) is 0.474. The standard InChI is InChI=1S/C19H22N4O3S/c1-12(13-2-3-15-16(10-13)26-11-25-15)22-6-8-23(9-7-22)19-21-14-4-5-20-18(24)17(14)27-19/h2-3,10,12H,4-9,11H2,1H3,(H,20,24). The molecule has 5 rings (SSSR count). The van der Waals surface area contributed by atoms with Crippen LogP contribution in [-0.2, 0) is 6.42 Å². The lowest BCUT2D eigenvalue weighted by Crippen LogP contribution is -2.47. The summed E-state index contributed by atoms with van der Waals surface area (Å²) in [4.78, 5) is 22.3. The molecule has 0 aliphatic carbocycles. The van der Waals surface area contributed by atoms with Crippen LogP contribution in [0.1, 0.15) is 33.9 Å². The second-order valence-electron chi connectivity index (χ2n) is 7.09. The van der Waals surface area contributed by atoms with Crippen LogP contribution in [0.15, 0.2) is 18.2 Å². The molecule has 0 saturated carbocycles. The molecule has 3 aliphatic rings. The van der Waals surface area contributed by atoms with Crippen molar-refractivity contribution < 1.29 is 14.3 Å². The first-order valence-corrected chi connectivity index (χ1v) is 10.2. The van der Waals surface area contributed by atoms with E-state index in [0.29, 0.717) is 19.4 Å². The van der Waals surface area contributed by atoms with Crippen molar-refractivity contribution in [2.75, 3.05) is 44.4 Å². The van der Waals surface area contributed by atoms with Crippen LogP contribution in [0.3, 0.4) is 0 Å². The van der Waals surface area contributed by atoms with E-state index in [2.05, 4.69) is 34.2 Å². The number of nitrogens with one attached hydrogen (secondary N) is 1. The number of nitrogens with zero attached hydrogens (tertiary/aromatic N) is 3. The van der Waals surface area contributed by atoms with Gasteiger partial charge in [0, 0.05) is 45.2 Å². The van der Waals surface area contributed by atoms with Gasteiger partial charge in [0.1, 0.15) is 4.88 Å². The van der Waals surface area contributed by atoms with Gasteiger partial charge in [-0.15, -0.1) is 0 Å². The largest absolute Gasteiger partial charge is 0.454 e. The monoisotopic (exact) mass is 386 g/mol. The van der Waals surface area contributed by atoms with E-state index in [9.17, 15) is 4.79 Å². The number of amides is 1. The van der Waals surface area contributed by atoms with E-state index in [-0.39, 0.29) is 5.91 Å². The maximum absolute atomic E-state index is 12.0. The van der Waals surface area contributed by atoms with Crippen LogP contribution >= 0.6 is 11.3 Å². The maximum Gasteiger partial charge on any atom is 0.263 e. The number of fused-ring (bicyclic) bond motifs is 2. The molecular weight excluding hydrogens is 364 g/mol. The van der Waals surface area contributed by atoms with Crippen LogP contribution in [0, 0.1) is 0 Å². The molecule has 2 aromatic rings. The lowest BCUT2D eigenvalue weighted by Gasteiger charge is -2.38. The van der Waals surface area contributed by atoms with Crippen molar-refractivity contribution in [2.24, 2.45) is 0 Å². The Bertz CT molecular complexity index is 876. The van der Waals surface area contributed by atoms with E-state index in [1.807, 2.05) is 6.07 Å². The van der Waals surface area contributed by atoms with Crippen molar-refractivity contribution in [3.8, 4) is 11.5 Å². The fourth-order valence-corrected chi connectivity index (χ4v) is 4.96. The Balaban J connectivity index is 1.26. The van der Waals surface area contributed by atoms with Crippen LogP contribution < -0.4 is 19.7 Å². The first-order valence-electron chi connectivity index (χ1n) is 9.35. The van der Waals surface area contributed by atoms with Crippen molar-refractivity contribution >= 4 is 22.4 Å². The summed E-state index contributed by atoms with van der Waals surface area (Å²) < 4.78 is 10.9. The SMILES string of the molecule is CC(c1ccc2c(c1)OCO2)N1CCN(c2nc3c(s2)C(=O)NCC3)CC1. The van der Waals surface area contributed by atoms with Crippen LogP contribution in [0.25, 0.3) is 0 Å². The third kappa shape index (κ3) is 3.02. The smallest absolute Gasteiger partial charge is 0.263 e. The van der Waals surface area contributed by atoms with Gasteiger partial charge in [0.15, 0.2) is 16.6 Å². The summed E-state index contributed by atoms with van der Waals surface area (Å²) in [6, 6.07) is 6.53. The predicted molar refractivity (Wildman–Crippen MR) is 103 cm³/mol. The highest BCUT2D eigenvalue weighted by atomic mass is 32.1. The summed E-state index contributed by atoms with van der Waals surface area (Å²) in [6.07, 6.45) is 0.832. The van der Waals surface area contributed by atoms with Crippen molar-refractivity contribution in [3.63, 3.8) is 0 Å². The van der Waals surface area contributed by atoms with Crippen LogP contribution in [0.2, 0.25) is 0 Å². The quantitative estimate of drug-likeness (QED) is 0.871. The molecule has 4 heterocycles. The summed E-state index contributed by atoms with van der Waals surface area (Å²) in [5.74, 6) is 1.69. The number of rotatable bonds is 3. The molecule has 1 atom stereocenters. The second kappa shape index (κ2) is 6.69. The second-order valence-corrected chi connectivity index (χ2v) is 8.07. The molecule has 1 aromatic carbocycles. The Morgan fingerprint density at radius 1 is 1.19 bits per heavy atom. The Morgan fingerprint density at radius 3 is 2.81 bits per heavy atom. The van der Waals surface area contributed by atoms with Crippen molar-refractivity contribution in [2.45, 2.75) is 19.4 Å². The van der Waals surface area contributed by atoms with E-state index in [0.717, 1.165) is 59.8 Å². The number of thiazole rings is 1. The van der Waals surface area contributed by atoms with Crippen molar-refractivity contribution in [1.82, 2.24) is 15.2 Å². The normalized spacial score (nSPS) is 20.3. The average molecular weight is 386 g/mol. The van der Waals surface area contributed by atoms with Gasteiger partial charge < -0.3 is 19.7 Å². The van der Waals surface area contributed by atoms with Gasteiger partial charge >= 0.3 is 0 Å². The maximum atomic E-state index is 12.0. The molecule has 1 amide bonds. The number of ether oxygens (including phenoxy) is 2. The fourth-order valence-electron chi connectivity index (χ4n) is 3.88. The zero-order chi connectivity index (χ0) is 18.4. The summed E-state index contributed by atoms with van der Waals surface area (Å²) in [5, 5.41) is 3.88. The van der Waals surface area contributed by atoms with E-state index < -0.39 is 0 Å². The summed E-state index contributed by atoms with van der Waals surface area (Å²) >= 11 is 1.52. The van der Waals surface area contributed by atoms with Crippen LogP contribution in [-0.4, -0.2) is 55.3 Å². The number of aromatic nitrogens is 1. The Labute approximate surface area is 161 Å². The molecule has 1 saturated heterocycles. The highest BCUT2D eigenvalue weighted by Gasteiger charge is 2.28. The van der Waals surface area contributed by atoms with Gasteiger partial charge in [0.25, 0.3) is 5.91 Å². The van der Waals surface area contributed by atoms with Crippen molar-refractivity contribution in [1.29, 1.82) is 0 Å². The number of anilines is 1. The van der Waals surface area contributed by atoms with Crippen LogP contribution in [0.4, 0.5) is 5.13 Å². The molecule has 8 heteroatoms. The Morgan fingerprint density at radius 2 is 2.00 bits per heavy atom. The third-order valence-corrected chi connectivity index (χ3v) is 6.71. The van der Waals surface area contributed by atoms with E-state index in [4.69, 9.17) is 14.5 Å². The first kappa shape index (κ1) is 16.8. The summed E-state index contributed by atoms with van der Waals surface area (Å²) in [5.41, 5.74) is 2.20. The number of carbonyl (C=O) groups is 1. The molecule has 1 unspecified atom stereocenters. The van der Waals surface area contributed by atoms with Gasteiger partial charge in [-0.25, -0.2) is 4.98 Å². The van der Waals surface area contributed by atoms with Gasteiger partial charge in [0.05, 0.1) is 5.69 Å². The number of hydrogen-bond acceptors (Lipinski definition) is 7. The zero-order valence-corrected chi connectivity index (χ0v) is 16.1. The molecule has 1 N–H and O–H groups in total. The molecule has 1 aromatic heterocycles. The molecule has 0 spiro atoms. The summed E-state index contributed by atoms with van der Waals surface area (Å²) in [6.45, 7) is 7.00. The Hall–Kier alpha value is -2.32. The highest BCUT2D eigenvalue weighted by molar-refractivity contribution is 7.17. The van der Waals surface area contributed by atoms with Gasteiger partial charge in [-0.2, -0.15) is 0 Å². The molecule has 3 aliphatic heterocycles. The summed E-state index contributed by atoms with van der Waals surface area (Å²) in [7, 11) is 0. The lowest BCUT2D eigenvalue weighted by molar-refractivity contribution is 0.0950. The number of benzene rings is 1. The van der Waals surface area contributed by atoms with Gasteiger partial charge in [-0.3, -0.25) is 9.69 Å². The van der Waals surface area contributed by atoms with Gasteiger partial charge in [-0.1, -0.05) is 17.4 Å². The Kier molecular flexibility index (Phi) is 4.17. The van der Waals surface area contributed by atoms with E-state index >= 15 is 0 Å². The molecule has 27 heavy (non-hydrogen) atoms. The first-order chi connectivity index (χ1) is 13.2.